The molecule has 52 valence electrons. The highest BCUT2D eigenvalue weighted by molar-refractivity contribution is 7.99. The molecule has 0 spiro atoms. The number of nitriles is 1. The fraction of sp³-hybridized carbons (Fsp3) is 0.833. The fourth-order valence-corrected chi connectivity index (χ4v) is 1.16. The van der Waals surface area contributed by atoms with Crippen LogP contribution < -0.4 is 5.73 Å². The van der Waals surface area contributed by atoms with E-state index in [1.54, 1.807) is 11.8 Å². The molecule has 2 N–H and O–H groups in total. The molecule has 0 aromatic heterocycles. The van der Waals surface area contributed by atoms with Crippen LogP contribution in [-0.2, 0) is 0 Å². The lowest BCUT2D eigenvalue weighted by Crippen LogP contribution is -2.17. The third kappa shape index (κ3) is 7.80. The SMILES string of the molecule is CC(N)CSCCC#N. The minimum absolute atomic E-state index is 0.258. The lowest BCUT2D eigenvalue weighted by Gasteiger charge is -2.00. The zero-order valence-corrected chi connectivity index (χ0v) is 6.45. The molecule has 0 aliphatic heterocycles. The van der Waals surface area contributed by atoms with Crippen LogP contribution in [0, 0.1) is 11.3 Å². The van der Waals surface area contributed by atoms with Crippen molar-refractivity contribution in [3.05, 3.63) is 0 Å². The summed E-state index contributed by atoms with van der Waals surface area (Å²) in [4.78, 5) is 0. The summed E-state index contributed by atoms with van der Waals surface area (Å²) in [5.74, 6) is 1.87. The molecule has 0 saturated carbocycles. The third-order valence-electron chi connectivity index (χ3n) is 0.739. The van der Waals surface area contributed by atoms with Crippen molar-refractivity contribution < 1.29 is 0 Å². The summed E-state index contributed by atoms with van der Waals surface area (Å²) in [5, 5.41) is 8.14. The van der Waals surface area contributed by atoms with Gasteiger partial charge >= 0.3 is 0 Å². The third-order valence-corrected chi connectivity index (χ3v) is 1.99. The maximum atomic E-state index is 8.14. The average molecular weight is 144 g/mol. The first-order valence-corrected chi connectivity index (χ1v) is 4.13. The quantitative estimate of drug-likeness (QED) is 0.598. The number of rotatable bonds is 4. The molecule has 0 aliphatic carbocycles. The summed E-state index contributed by atoms with van der Waals surface area (Å²) in [7, 11) is 0. The van der Waals surface area contributed by atoms with Crippen molar-refractivity contribution in [2.24, 2.45) is 5.73 Å². The van der Waals surface area contributed by atoms with Crippen LogP contribution in [0.5, 0.6) is 0 Å². The first kappa shape index (κ1) is 8.80. The molecule has 0 radical (unpaired) electrons. The van der Waals surface area contributed by atoms with Crippen LogP contribution in [-0.4, -0.2) is 17.5 Å². The van der Waals surface area contributed by atoms with Gasteiger partial charge in [-0.3, -0.25) is 0 Å². The van der Waals surface area contributed by atoms with E-state index in [2.05, 4.69) is 6.07 Å². The largest absolute Gasteiger partial charge is 0.327 e. The average Bonchev–Trinajstić information content (AvgIpc) is 1.80. The molecule has 0 heterocycles. The zero-order chi connectivity index (χ0) is 7.11. The molecule has 0 aliphatic rings. The van der Waals surface area contributed by atoms with E-state index in [0.717, 1.165) is 11.5 Å². The van der Waals surface area contributed by atoms with Gasteiger partial charge in [-0.1, -0.05) is 0 Å². The van der Waals surface area contributed by atoms with Crippen molar-refractivity contribution in [3.8, 4) is 6.07 Å². The number of nitrogens with zero attached hydrogens (tertiary/aromatic N) is 1. The van der Waals surface area contributed by atoms with Crippen molar-refractivity contribution >= 4 is 11.8 Å². The smallest absolute Gasteiger partial charge is 0.0630 e. The van der Waals surface area contributed by atoms with Crippen LogP contribution in [0.25, 0.3) is 0 Å². The second-order valence-electron chi connectivity index (χ2n) is 1.96. The molecule has 0 aromatic rings. The molecule has 0 rings (SSSR count). The summed E-state index contributed by atoms with van der Waals surface area (Å²) in [6.07, 6.45) is 0.636. The van der Waals surface area contributed by atoms with Gasteiger partial charge in [-0.15, -0.1) is 0 Å². The molecule has 2 nitrogen and oxygen atoms in total. The molecular weight excluding hydrogens is 132 g/mol. The topological polar surface area (TPSA) is 49.8 Å². The van der Waals surface area contributed by atoms with E-state index in [1.165, 1.54) is 0 Å². The van der Waals surface area contributed by atoms with Crippen LogP contribution >= 0.6 is 11.8 Å². The van der Waals surface area contributed by atoms with E-state index in [-0.39, 0.29) is 6.04 Å². The Morgan fingerprint density at radius 2 is 2.44 bits per heavy atom. The molecule has 3 heteroatoms. The van der Waals surface area contributed by atoms with Crippen LogP contribution in [0.4, 0.5) is 0 Å². The van der Waals surface area contributed by atoms with Crippen molar-refractivity contribution in [1.29, 1.82) is 5.26 Å². The first-order chi connectivity index (χ1) is 4.27. The van der Waals surface area contributed by atoms with Crippen molar-refractivity contribution in [2.75, 3.05) is 11.5 Å². The number of nitrogens with two attached hydrogens (primary N) is 1. The van der Waals surface area contributed by atoms with Crippen LogP contribution in [0.1, 0.15) is 13.3 Å². The van der Waals surface area contributed by atoms with Gasteiger partial charge in [0, 0.05) is 24.0 Å². The highest BCUT2D eigenvalue weighted by Gasteiger charge is 1.92. The zero-order valence-electron chi connectivity index (χ0n) is 5.63. The second kappa shape index (κ2) is 5.93. The van der Waals surface area contributed by atoms with Crippen LogP contribution in [0.15, 0.2) is 0 Å². The highest BCUT2D eigenvalue weighted by Crippen LogP contribution is 2.02. The van der Waals surface area contributed by atoms with Gasteiger partial charge in [0.05, 0.1) is 6.07 Å². The summed E-state index contributed by atoms with van der Waals surface area (Å²) >= 11 is 1.74. The molecule has 1 unspecified atom stereocenters. The maximum absolute atomic E-state index is 8.14. The Hall–Kier alpha value is -0.200. The standard InChI is InChI=1S/C6H12N2S/c1-6(8)5-9-4-2-3-7/h6H,2,4-5,8H2,1H3. The molecule has 0 saturated heterocycles. The van der Waals surface area contributed by atoms with Crippen molar-refractivity contribution in [2.45, 2.75) is 19.4 Å². The molecule has 1 atom stereocenters. The highest BCUT2D eigenvalue weighted by atomic mass is 32.2. The lowest BCUT2D eigenvalue weighted by atomic mass is 10.4. The molecular formula is C6H12N2S. The van der Waals surface area contributed by atoms with Gasteiger partial charge in [-0.2, -0.15) is 17.0 Å². The van der Waals surface area contributed by atoms with Gasteiger partial charge < -0.3 is 5.73 Å². The number of hydrogen-bond donors (Lipinski definition) is 1. The first-order valence-electron chi connectivity index (χ1n) is 2.97. The number of hydrogen-bond acceptors (Lipinski definition) is 3. The van der Waals surface area contributed by atoms with Gasteiger partial charge in [-0.05, 0) is 6.92 Å². The van der Waals surface area contributed by atoms with Gasteiger partial charge in [0.2, 0.25) is 0 Å². The second-order valence-corrected chi connectivity index (χ2v) is 3.11. The molecule has 0 fully saturated rings. The Labute approximate surface area is 60.4 Å². The summed E-state index contributed by atoms with van der Waals surface area (Å²) in [5.41, 5.74) is 5.47. The Bertz CT molecular complexity index is 95.7. The van der Waals surface area contributed by atoms with Crippen molar-refractivity contribution in [1.82, 2.24) is 0 Å². The van der Waals surface area contributed by atoms with E-state index in [1.807, 2.05) is 6.92 Å². The predicted molar refractivity (Wildman–Crippen MR) is 41.2 cm³/mol. The number of thioether (sulfide) groups is 1. The lowest BCUT2D eigenvalue weighted by molar-refractivity contribution is 0.847. The maximum Gasteiger partial charge on any atom is 0.0630 e. The summed E-state index contributed by atoms with van der Waals surface area (Å²) in [6.45, 7) is 1.97. The Morgan fingerprint density at radius 3 is 2.89 bits per heavy atom. The van der Waals surface area contributed by atoms with Crippen molar-refractivity contribution in [3.63, 3.8) is 0 Å². The monoisotopic (exact) mass is 144 g/mol. The Morgan fingerprint density at radius 1 is 1.78 bits per heavy atom. The van der Waals surface area contributed by atoms with Crippen LogP contribution in [0.3, 0.4) is 0 Å². The minimum atomic E-state index is 0.258. The van der Waals surface area contributed by atoms with Gasteiger partial charge in [0.1, 0.15) is 0 Å². The molecule has 9 heavy (non-hydrogen) atoms. The van der Waals surface area contributed by atoms with E-state index in [0.29, 0.717) is 6.42 Å². The molecule has 0 amide bonds. The Kier molecular flexibility index (Phi) is 5.80. The van der Waals surface area contributed by atoms with Crippen LogP contribution in [0.2, 0.25) is 0 Å². The summed E-state index contributed by atoms with van der Waals surface area (Å²) < 4.78 is 0. The minimum Gasteiger partial charge on any atom is -0.327 e. The van der Waals surface area contributed by atoms with E-state index < -0.39 is 0 Å². The fourth-order valence-electron chi connectivity index (χ4n) is 0.387. The molecule has 0 aromatic carbocycles. The normalized spacial score (nSPS) is 12.6. The van der Waals surface area contributed by atoms with E-state index in [4.69, 9.17) is 11.0 Å². The predicted octanol–water partition coefficient (Wildman–Crippen LogP) is 0.980. The van der Waals surface area contributed by atoms with Gasteiger partial charge in [0.15, 0.2) is 0 Å². The van der Waals surface area contributed by atoms with E-state index in [9.17, 15) is 0 Å². The molecule has 0 bridgehead atoms. The van der Waals surface area contributed by atoms with E-state index >= 15 is 0 Å². The van der Waals surface area contributed by atoms with Gasteiger partial charge in [-0.25, -0.2) is 0 Å². The Balaban J connectivity index is 2.85. The summed E-state index contributed by atoms with van der Waals surface area (Å²) in [6, 6.07) is 2.34. The van der Waals surface area contributed by atoms with Gasteiger partial charge in [0.25, 0.3) is 0 Å².